The van der Waals surface area contributed by atoms with Crippen molar-refractivity contribution >= 4 is 5.69 Å². The molecule has 1 unspecified atom stereocenters. The average Bonchev–Trinajstić information content (AvgIpc) is 2.53. The van der Waals surface area contributed by atoms with E-state index in [0.29, 0.717) is 12.0 Å². The highest BCUT2D eigenvalue weighted by Crippen LogP contribution is 2.27. The standard InChI is InChI=1S/C18H28N2O/c1-14(2)20-10-4-5-15(12-20)13-21-17-7-8-18-16(11-17)6-3-9-19-18/h7-8,11,14-15,19H,3-6,9-10,12-13H2,1-2H3. The van der Waals surface area contributed by atoms with E-state index in [1.807, 2.05) is 0 Å². The molecule has 3 rings (SSSR count). The fraction of sp³-hybridized carbons (Fsp3) is 0.667. The summed E-state index contributed by atoms with van der Waals surface area (Å²) in [6, 6.07) is 7.16. The van der Waals surface area contributed by atoms with Crippen molar-refractivity contribution in [1.29, 1.82) is 0 Å². The Bertz CT molecular complexity index is 472. The van der Waals surface area contributed by atoms with Crippen LogP contribution in [-0.4, -0.2) is 37.2 Å². The lowest BCUT2D eigenvalue weighted by atomic mass is 9.98. The topological polar surface area (TPSA) is 24.5 Å². The van der Waals surface area contributed by atoms with E-state index < -0.39 is 0 Å². The van der Waals surface area contributed by atoms with Gasteiger partial charge >= 0.3 is 0 Å². The van der Waals surface area contributed by atoms with Gasteiger partial charge < -0.3 is 15.0 Å². The summed E-state index contributed by atoms with van der Waals surface area (Å²) in [5, 5.41) is 3.45. The fourth-order valence-electron chi connectivity index (χ4n) is 3.46. The van der Waals surface area contributed by atoms with Crippen molar-refractivity contribution in [3.63, 3.8) is 0 Å². The highest BCUT2D eigenvalue weighted by Gasteiger charge is 2.22. The first-order chi connectivity index (χ1) is 10.2. The molecule has 0 spiro atoms. The lowest BCUT2D eigenvalue weighted by molar-refractivity contribution is 0.107. The van der Waals surface area contributed by atoms with Gasteiger partial charge in [-0.25, -0.2) is 0 Å². The third-order valence-electron chi connectivity index (χ3n) is 4.78. The molecule has 1 aromatic carbocycles. The normalized spacial score (nSPS) is 22.7. The van der Waals surface area contributed by atoms with Gasteiger partial charge in [-0.05, 0) is 69.8 Å². The number of ether oxygens (including phenoxy) is 1. The second kappa shape index (κ2) is 6.69. The van der Waals surface area contributed by atoms with E-state index in [9.17, 15) is 0 Å². The van der Waals surface area contributed by atoms with E-state index >= 15 is 0 Å². The maximum absolute atomic E-state index is 6.09. The van der Waals surface area contributed by atoms with Crippen LogP contribution in [0.2, 0.25) is 0 Å². The molecule has 2 heterocycles. The molecule has 3 heteroatoms. The molecule has 1 atom stereocenters. The molecule has 21 heavy (non-hydrogen) atoms. The Morgan fingerprint density at radius 1 is 1.33 bits per heavy atom. The van der Waals surface area contributed by atoms with E-state index in [1.54, 1.807) is 0 Å². The number of fused-ring (bicyclic) bond motifs is 1. The quantitative estimate of drug-likeness (QED) is 0.917. The number of hydrogen-bond donors (Lipinski definition) is 1. The molecule has 2 aliphatic heterocycles. The van der Waals surface area contributed by atoms with Crippen LogP contribution < -0.4 is 10.1 Å². The minimum atomic E-state index is 0.655. The molecule has 116 valence electrons. The lowest BCUT2D eigenvalue weighted by Gasteiger charge is -2.35. The third kappa shape index (κ3) is 3.70. The number of anilines is 1. The summed E-state index contributed by atoms with van der Waals surface area (Å²) in [4.78, 5) is 2.58. The van der Waals surface area contributed by atoms with E-state index in [-0.39, 0.29) is 0 Å². The summed E-state index contributed by atoms with van der Waals surface area (Å²) in [5.41, 5.74) is 2.70. The first-order valence-electron chi connectivity index (χ1n) is 8.46. The average molecular weight is 288 g/mol. The van der Waals surface area contributed by atoms with Gasteiger partial charge in [0.2, 0.25) is 0 Å². The zero-order valence-electron chi connectivity index (χ0n) is 13.4. The summed E-state index contributed by atoms with van der Waals surface area (Å²) >= 11 is 0. The van der Waals surface area contributed by atoms with Gasteiger partial charge in [0.15, 0.2) is 0 Å². The molecule has 1 aromatic rings. The van der Waals surface area contributed by atoms with Crippen molar-refractivity contribution in [2.24, 2.45) is 5.92 Å². The largest absolute Gasteiger partial charge is 0.493 e. The molecular formula is C18H28N2O. The Hall–Kier alpha value is -1.22. The Balaban J connectivity index is 1.55. The first-order valence-corrected chi connectivity index (χ1v) is 8.46. The van der Waals surface area contributed by atoms with Crippen LogP contribution in [0.5, 0.6) is 5.75 Å². The number of nitrogens with one attached hydrogen (secondary N) is 1. The second-order valence-electron chi connectivity index (χ2n) is 6.76. The number of aryl methyl sites for hydroxylation is 1. The summed E-state index contributed by atoms with van der Waals surface area (Å²) in [7, 11) is 0. The van der Waals surface area contributed by atoms with Crippen LogP contribution in [0, 0.1) is 5.92 Å². The highest BCUT2D eigenvalue weighted by molar-refractivity contribution is 5.55. The highest BCUT2D eigenvalue weighted by atomic mass is 16.5. The van der Waals surface area contributed by atoms with E-state index in [2.05, 4.69) is 42.3 Å². The minimum absolute atomic E-state index is 0.655. The Morgan fingerprint density at radius 3 is 3.10 bits per heavy atom. The lowest BCUT2D eigenvalue weighted by Crippen LogP contribution is -2.41. The Labute approximate surface area is 128 Å². The zero-order chi connectivity index (χ0) is 14.7. The SMILES string of the molecule is CC(C)N1CCCC(COc2ccc3c(c2)CCCN3)C1. The minimum Gasteiger partial charge on any atom is -0.493 e. The predicted molar refractivity (Wildman–Crippen MR) is 88.2 cm³/mol. The molecule has 0 aromatic heterocycles. The van der Waals surface area contributed by atoms with Crippen molar-refractivity contribution in [3.05, 3.63) is 23.8 Å². The van der Waals surface area contributed by atoms with Gasteiger partial charge in [0.05, 0.1) is 6.61 Å². The number of benzene rings is 1. The van der Waals surface area contributed by atoms with Gasteiger partial charge in [-0.2, -0.15) is 0 Å². The van der Waals surface area contributed by atoms with Crippen molar-refractivity contribution in [2.45, 2.75) is 45.6 Å². The van der Waals surface area contributed by atoms with Crippen LogP contribution >= 0.6 is 0 Å². The molecule has 2 aliphatic rings. The number of likely N-dealkylation sites (tertiary alicyclic amines) is 1. The van der Waals surface area contributed by atoms with Crippen molar-refractivity contribution < 1.29 is 4.74 Å². The van der Waals surface area contributed by atoms with Crippen LogP contribution in [-0.2, 0) is 6.42 Å². The molecule has 1 N–H and O–H groups in total. The van der Waals surface area contributed by atoms with Gasteiger partial charge in [0.25, 0.3) is 0 Å². The summed E-state index contributed by atoms with van der Waals surface area (Å²) in [5.74, 6) is 1.72. The molecule has 1 saturated heterocycles. The van der Waals surface area contributed by atoms with E-state index in [1.165, 1.54) is 50.0 Å². The maximum Gasteiger partial charge on any atom is 0.119 e. The monoisotopic (exact) mass is 288 g/mol. The summed E-state index contributed by atoms with van der Waals surface area (Å²) in [6.45, 7) is 8.97. The van der Waals surface area contributed by atoms with Crippen molar-refractivity contribution in [1.82, 2.24) is 4.90 Å². The smallest absolute Gasteiger partial charge is 0.119 e. The van der Waals surface area contributed by atoms with Crippen molar-refractivity contribution in [2.75, 3.05) is 31.6 Å². The fourth-order valence-corrected chi connectivity index (χ4v) is 3.46. The molecule has 0 amide bonds. The van der Waals surface area contributed by atoms with E-state index in [4.69, 9.17) is 4.74 Å². The predicted octanol–water partition coefficient (Wildman–Crippen LogP) is 3.54. The number of rotatable bonds is 4. The zero-order valence-corrected chi connectivity index (χ0v) is 13.4. The molecule has 1 fully saturated rings. The van der Waals surface area contributed by atoms with Crippen LogP contribution in [0.4, 0.5) is 5.69 Å². The van der Waals surface area contributed by atoms with Crippen LogP contribution in [0.15, 0.2) is 18.2 Å². The van der Waals surface area contributed by atoms with Gasteiger partial charge in [-0.3, -0.25) is 0 Å². The summed E-state index contributed by atoms with van der Waals surface area (Å²) in [6.07, 6.45) is 5.00. The first kappa shape index (κ1) is 14.7. The van der Waals surface area contributed by atoms with Gasteiger partial charge in [0.1, 0.15) is 5.75 Å². The molecule has 0 aliphatic carbocycles. The third-order valence-corrected chi connectivity index (χ3v) is 4.78. The number of piperidine rings is 1. The van der Waals surface area contributed by atoms with Gasteiger partial charge in [-0.1, -0.05) is 0 Å². The van der Waals surface area contributed by atoms with Gasteiger partial charge in [-0.15, -0.1) is 0 Å². The van der Waals surface area contributed by atoms with Crippen LogP contribution in [0.3, 0.4) is 0 Å². The van der Waals surface area contributed by atoms with Crippen LogP contribution in [0.25, 0.3) is 0 Å². The Kier molecular flexibility index (Phi) is 4.69. The maximum atomic E-state index is 6.09. The summed E-state index contributed by atoms with van der Waals surface area (Å²) < 4.78 is 6.09. The molecule has 0 radical (unpaired) electrons. The van der Waals surface area contributed by atoms with Crippen molar-refractivity contribution in [3.8, 4) is 5.75 Å². The molecule has 0 saturated carbocycles. The van der Waals surface area contributed by atoms with Gasteiger partial charge in [0, 0.05) is 30.7 Å². The molecule has 0 bridgehead atoms. The van der Waals surface area contributed by atoms with Crippen LogP contribution in [0.1, 0.15) is 38.7 Å². The number of nitrogens with zero attached hydrogens (tertiary/aromatic N) is 1. The second-order valence-corrected chi connectivity index (χ2v) is 6.76. The molecule has 3 nitrogen and oxygen atoms in total. The Morgan fingerprint density at radius 2 is 2.24 bits per heavy atom. The van der Waals surface area contributed by atoms with E-state index in [0.717, 1.165) is 18.9 Å². The number of hydrogen-bond acceptors (Lipinski definition) is 3. The molecular weight excluding hydrogens is 260 g/mol.